The molecule has 1 N–H and O–H groups in total. The van der Waals surface area contributed by atoms with E-state index in [1.807, 2.05) is 24.3 Å². The molecule has 1 amide bonds. The molecule has 1 heterocycles. The first-order chi connectivity index (χ1) is 20.5. The Balaban J connectivity index is 1.93. The number of amides is 1. The Morgan fingerprint density at radius 3 is 1.65 bits per heavy atom. The Hall–Kier alpha value is -5.00. The minimum atomic E-state index is -1.10. The van der Waals surface area contributed by atoms with Crippen LogP contribution in [0.3, 0.4) is 0 Å². The maximum Gasteiger partial charge on any atom is 0.328 e. The summed E-state index contributed by atoms with van der Waals surface area (Å²) < 4.78 is 38.2. The van der Waals surface area contributed by atoms with Crippen LogP contribution in [0.1, 0.15) is 48.3 Å². The highest BCUT2D eigenvalue weighted by molar-refractivity contribution is 5.98. The van der Waals surface area contributed by atoms with E-state index in [0.29, 0.717) is 23.0 Å². The molecular formula is C31H36N2O10. The van der Waals surface area contributed by atoms with Gasteiger partial charge in [-0.3, -0.25) is 9.59 Å². The number of rotatable bonds is 13. The summed E-state index contributed by atoms with van der Waals surface area (Å²) in [7, 11) is 7.53. The van der Waals surface area contributed by atoms with Crippen molar-refractivity contribution in [3.8, 4) is 34.5 Å². The van der Waals surface area contributed by atoms with Crippen molar-refractivity contribution >= 4 is 17.8 Å². The molecule has 43 heavy (non-hydrogen) atoms. The summed E-state index contributed by atoms with van der Waals surface area (Å²) in [4.78, 5) is 42.0. The van der Waals surface area contributed by atoms with Gasteiger partial charge in [0.05, 0.1) is 35.5 Å². The predicted molar refractivity (Wildman–Crippen MR) is 156 cm³/mol. The summed E-state index contributed by atoms with van der Waals surface area (Å²) in [5.74, 6) is -0.541. The molecule has 0 bridgehead atoms. The van der Waals surface area contributed by atoms with E-state index >= 15 is 0 Å². The molecule has 2 atom stereocenters. The van der Waals surface area contributed by atoms with Gasteiger partial charge in [0.2, 0.25) is 5.75 Å². The van der Waals surface area contributed by atoms with E-state index in [1.165, 1.54) is 33.2 Å². The maximum absolute atomic E-state index is 13.3. The Bertz CT molecular complexity index is 1360. The van der Waals surface area contributed by atoms with Gasteiger partial charge in [-0.15, -0.1) is 0 Å². The van der Waals surface area contributed by atoms with E-state index in [-0.39, 0.29) is 17.2 Å². The van der Waals surface area contributed by atoms with E-state index in [0.717, 1.165) is 11.1 Å². The van der Waals surface area contributed by atoms with E-state index in [9.17, 15) is 14.4 Å². The zero-order valence-electron chi connectivity index (χ0n) is 25.4. The van der Waals surface area contributed by atoms with Gasteiger partial charge in [0.15, 0.2) is 11.4 Å². The van der Waals surface area contributed by atoms with Crippen LogP contribution in [0.25, 0.3) is 0 Å². The van der Waals surface area contributed by atoms with Crippen LogP contribution in [0.5, 0.6) is 34.5 Å². The molecular weight excluding hydrogens is 560 g/mol. The Labute approximate surface area is 250 Å². The third kappa shape index (κ3) is 8.06. The van der Waals surface area contributed by atoms with Crippen molar-refractivity contribution in [2.45, 2.75) is 38.8 Å². The number of benzene rings is 2. The van der Waals surface area contributed by atoms with E-state index in [2.05, 4.69) is 10.3 Å². The monoisotopic (exact) mass is 596 g/mol. The topological polar surface area (TPSA) is 141 Å². The van der Waals surface area contributed by atoms with Crippen molar-refractivity contribution in [3.05, 3.63) is 65.5 Å². The van der Waals surface area contributed by atoms with Crippen LogP contribution in [0.15, 0.2) is 48.7 Å². The molecule has 0 fully saturated rings. The van der Waals surface area contributed by atoms with Crippen molar-refractivity contribution in [1.82, 2.24) is 10.3 Å². The van der Waals surface area contributed by atoms with Gasteiger partial charge in [-0.25, -0.2) is 9.78 Å². The third-order valence-corrected chi connectivity index (χ3v) is 6.49. The number of carbonyl (C=O) groups excluding carboxylic acids is 3. The number of pyridine rings is 1. The van der Waals surface area contributed by atoms with Crippen LogP contribution >= 0.6 is 0 Å². The summed E-state index contributed by atoms with van der Waals surface area (Å²) in [6.45, 7) is 4.38. The highest BCUT2D eigenvalue weighted by atomic mass is 16.6. The molecule has 1 aromatic heterocycles. The van der Waals surface area contributed by atoms with Crippen LogP contribution in [-0.2, 0) is 14.3 Å². The first-order valence-electron chi connectivity index (χ1n) is 13.2. The summed E-state index contributed by atoms with van der Waals surface area (Å²) in [6, 6.07) is 11.1. The molecule has 3 rings (SSSR count). The quantitative estimate of drug-likeness (QED) is 0.287. The number of hydrogen-bond donors (Lipinski definition) is 1. The molecule has 12 heteroatoms. The fourth-order valence-corrected chi connectivity index (χ4v) is 4.43. The summed E-state index contributed by atoms with van der Waals surface area (Å²) in [5.41, 5.74) is 1.23. The Kier molecular flexibility index (Phi) is 11.2. The SMILES string of the molecule is COc1cc(OC)cc(C(c2cc(OC)cc(OC)c2)[C@H](C)OC(=O)[C@H](C)NC(=O)c2nccc(OC)c2OC(C)=O)c1. The van der Waals surface area contributed by atoms with Gasteiger partial charge in [-0.05, 0) is 49.2 Å². The number of nitrogens with zero attached hydrogens (tertiary/aromatic N) is 1. The number of carbonyl (C=O) groups is 3. The number of methoxy groups -OCH3 is 5. The number of nitrogens with one attached hydrogen (secondary N) is 1. The standard InChI is InChI=1S/C31H36N2O10/c1-17(33-30(35)28-29(43-19(3)34)26(41-8)9-10-32-28)31(36)42-18(2)27(20-11-22(37-4)15-23(12-20)38-5)21-13-24(39-6)16-25(14-21)40-7/h9-18,27H,1-8H3,(H,33,35)/t17-,18-/m0/s1. The molecule has 0 aliphatic carbocycles. The Morgan fingerprint density at radius 2 is 1.23 bits per heavy atom. The molecule has 12 nitrogen and oxygen atoms in total. The van der Waals surface area contributed by atoms with Gasteiger partial charge >= 0.3 is 11.9 Å². The molecule has 0 spiro atoms. The summed E-state index contributed by atoms with van der Waals surface area (Å²) in [5, 5.41) is 2.55. The minimum absolute atomic E-state index is 0.129. The third-order valence-electron chi connectivity index (χ3n) is 6.49. The highest BCUT2D eigenvalue weighted by Gasteiger charge is 2.30. The van der Waals surface area contributed by atoms with Gasteiger partial charge in [-0.2, -0.15) is 0 Å². The fraction of sp³-hybridized carbons (Fsp3) is 0.355. The number of aromatic nitrogens is 1. The van der Waals surface area contributed by atoms with Gasteiger partial charge in [0.25, 0.3) is 5.91 Å². The molecule has 0 unspecified atom stereocenters. The smallest absolute Gasteiger partial charge is 0.328 e. The van der Waals surface area contributed by atoms with Gasteiger partial charge in [-0.1, -0.05) is 0 Å². The number of esters is 2. The van der Waals surface area contributed by atoms with Crippen LogP contribution in [0.2, 0.25) is 0 Å². The van der Waals surface area contributed by atoms with Gasteiger partial charge < -0.3 is 38.5 Å². The molecule has 3 aromatic rings. The zero-order valence-corrected chi connectivity index (χ0v) is 25.4. The first-order valence-corrected chi connectivity index (χ1v) is 13.2. The number of ether oxygens (including phenoxy) is 7. The average molecular weight is 597 g/mol. The van der Waals surface area contributed by atoms with E-state index in [1.54, 1.807) is 47.5 Å². The van der Waals surface area contributed by atoms with Crippen molar-refractivity contribution < 1.29 is 47.5 Å². The lowest BCUT2D eigenvalue weighted by molar-refractivity contribution is -0.150. The molecule has 0 aliphatic rings. The van der Waals surface area contributed by atoms with Crippen molar-refractivity contribution in [2.24, 2.45) is 0 Å². The molecule has 230 valence electrons. The normalized spacial score (nSPS) is 12.0. The number of hydrogen-bond acceptors (Lipinski definition) is 11. The van der Waals surface area contributed by atoms with Crippen molar-refractivity contribution in [3.63, 3.8) is 0 Å². The second-order valence-electron chi connectivity index (χ2n) is 9.39. The average Bonchev–Trinajstić information content (AvgIpc) is 3.00. The molecule has 0 aliphatic heterocycles. The molecule has 0 saturated heterocycles. The minimum Gasteiger partial charge on any atom is -0.497 e. The van der Waals surface area contributed by atoms with Gasteiger partial charge in [0.1, 0.15) is 35.1 Å². The lowest BCUT2D eigenvalue weighted by Crippen LogP contribution is -2.41. The Morgan fingerprint density at radius 1 is 0.744 bits per heavy atom. The molecule has 0 radical (unpaired) electrons. The summed E-state index contributed by atoms with van der Waals surface area (Å²) in [6.07, 6.45) is 0.563. The molecule has 0 saturated carbocycles. The first kappa shape index (κ1) is 32.5. The van der Waals surface area contributed by atoms with Gasteiger partial charge in [0, 0.05) is 37.2 Å². The largest absolute Gasteiger partial charge is 0.497 e. The predicted octanol–water partition coefficient (Wildman–Crippen LogP) is 3.93. The second kappa shape index (κ2) is 14.8. The maximum atomic E-state index is 13.3. The lowest BCUT2D eigenvalue weighted by Gasteiger charge is -2.27. The van der Waals surface area contributed by atoms with Crippen molar-refractivity contribution in [1.29, 1.82) is 0 Å². The fourth-order valence-electron chi connectivity index (χ4n) is 4.43. The molecule has 2 aromatic carbocycles. The van der Waals surface area contributed by atoms with E-state index < -0.39 is 35.9 Å². The van der Waals surface area contributed by atoms with Crippen LogP contribution in [0, 0.1) is 0 Å². The lowest BCUT2D eigenvalue weighted by atomic mass is 9.86. The van der Waals surface area contributed by atoms with Crippen molar-refractivity contribution in [2.75, 3.05) is 35.5 Å². The van der Waals surface area contributed by atoms with Crippen LogP contribution in [-0.4, -0.2) is 70.5 Å². The van der Waals surface area contributed by atoms with Crippen LogP contribution < -0.4 is 33.7 Å². The second-order valence-corrected chi connectivity index (χ2v) is 9.39. The highest BCUT2D eigenvalue weighted by Crippen LogP contribution is 2.38. The zero-order chi connectivity index (χ0) is 31.7. The summed E-state index contributed by atoms with van der Waals surface area (Å²) >= 11 is 0. The van der Waals surface area contributed by atoms with E-state index in [4.69, 9.17) is 33.2 Å². The van der Waals surface area contributed by atoms with Crippen LogP contribution in [0.4, 0.5) is 0 Å².